The fourth-order valence-electron chi connectivity index (χ4n) is 0.983. The molecule has 0 fully saturated rings. The van der Waals surface area contributed by atoms with Crippen molar-refractivity contribution in [2.45, 2.75) is 13.8 Å². The molecule has 12 heavy (non-hydrogen) atoms. The van der Waals surface area contributed by atoms with Gasteiger partial charge in [-0.1, -0.05) is 12.7 Å². The van der Waals surface area contributed by atoms with E-state index in [1.165, 1.54) is 0 Å². The second-order valence-corrected chi connectivity index (χ2v) is 3.77. The van der Waals surface area contributed by atoms with Crippen molar-refractivity contribution in [2.24, 2.45) is 4.99 Å². The molecule has 64 valence electrons. The molecule has 2 nitrogen and oxygen atoms in total. The Morgan fingerprint density at radius 3 is 2.83 bits per heavy atom. The number of aliphatic imine (C=N–C) groups is 1. The number of halogens is 1. The molecule has 1 aliphatic heterocycles. The monoisotopic (exact) mass is 274 g/mol. The Balaban J connectivity index is 3.02. The Morgan fingerprint density at radius 1 is 1.67 bits per heavy atom. The molecule has 0 aliphatic carbocycles. The standard InChI is InChI=1S/C9H11IN2/c1-4-8(10)9-11-6(2)5-7(3)12-9/h4-5,11H,1H2,2-3H3/b9-8-. The molecular weight excluding hydrogens is 263 g/mol. The lowest BCUT2D eigenvalue weighted by Crippen LogP contribution is -2.16. The van der Waals surface area contributed by atoms with Gasteiger partial charge < -0.3 is 5.32 Å². The molecule has 1 aliphatic rings. The van der Waals surface area contributed by atoms with Crippen LogP contribution < -0.4 is 5.32 Å². The quantitative estimate of drug-likeness (QED) is 0.730. The van der Waals surface area contributed by atoms with E-state index >= 15 is 0 Å². The summed E-state index contributed by atoms with van der Waals surface area (Å²) in [6.07, 6.45) is 3.80. The average molecular weight is 274 g/mol. The van der Waals surface area contributed by atoms with Crippen LogP contribution in [0.2, 0.25) is 0 Å². The Morgan fingerprint density at radius 2 is 2.33 bits per heavy atom. The summed E-state index contributed by atoms with van der Waals surface area (Å²) in [5, 5.41) is 3.17. The third kappa shape index (κ3) is 2.20. The van der Waals surface area contributed by atoms with Gasteiger partial charge in [-0.2, -0.15) is 0 Å². The minimum absolute atomic E-state index is 0.892. The molecule has 0 spiro atoms. The molecule has 0 radical (unpaired) electrons. The first-order chi connectivity index (χ1) is 5.63. The lowest BCUT2D eigenvalue weighted by atomic mass is 10.3. The Hall–Kier alpha value is -0.580. The Labute approximate surface area is 86.3 Å². The highest BCUT2D eigenvalue weighted by atomic mass is 127. The van der Waals surface area contributed by atoms with Crippen LogP contribution in [0.15, 0.2) is 38.8 Å². The summed E-state index contributed by atoms with van der Waals surface area (Å²) in [6, 6.07) is 0. The van der Waals surface area contributed by atoms with Crippen LogP contribution in [0.3, 0.4) is 0 Å². The summed E-state index contributed by atoms with van der Waals surface area (Å²) in [6.45, 7) is 7.69. The van der Waals surface area contributed by atoms with Crippen molar-refractivity contribution in [2.75, 3.05) is 0 Å². The van der Waals surface area contributed by atoms with E-state index < -0.39 is 0 Å². The van der Waals surface area contributed by atoms with E-state index in [4.69, 9.17) is 0 Å². The molecule has 0 saturated carbocycles. The lowest BCUT2D eigenvalue weighted by molar-refractivity contribution is 0.932. The van der Waals surface area contributed by atoms with Crippen LogP contribution >= 0.6 is 22.6 Å². The van der Waals surface area contributed by atoms with Gasteiger partial charge >= 0.3 is 0 Å². The van der Waals surface area contributed by atoms with Crippen molar-refractivity contribution in [3.05, 3.63) is 33.8 Å². The van der Waals surface area contributed by atoms with Crippen molar-refractivity contribution < 1.29 is 0 Å². The molecule has 0 unspecified atom stereocenters. The average Bonchev–Trinajstić information content (AvgIpc) is 2.01. The number of allylic oxidation sites excluding steroid dienone is 4. The van der Waals surface area contributed by atoms with Crippen molar-refractivity contribution in [1.29, 1.82) is 0 Å². The molecule has 0 aromatic heterocycles. The summed E-state index contributed by atoms with van der Waals surface area (Å²) < 4.78 is 1.04. The summed E-state index contributed by atoms with van der Waals surface area (Å²) in [4.78, 5) is 4.33. The van der Waals surface area contributed by atoms with Crippen LogP contribution in [0.1, 0.15) is 13.8 Å². The summed E-state index contributed by atoms with van der Waals surface area (Å²) >= 11 is 2.21. The molecule has 1 N–H and O–H groups in total. The normalized spacial score (nSPS) is 20.6. The molecule has 0 atom stereocenters. The molecule has 0 amide bonds. The van der Waals surface area contributed by atoms with Crippen LogP contribution in [-0.4, -0.2) is 5.71 Å². The second-order valence-electron chi connectivity index (χ2n) is 2.61. The van der Waals surface area contributed by atoms with E-state index in [1.54, 1.807) is 6.08 Å². The highest BCUT2D eigenvalue weighted by Gasteiger charge is 2.05. The van der Waals surface area contributed by atoms with Crippen LogP contribution in [0, 0.1) is 0 Å². The summed E-state index contributed by atoms with van der Waals surface area (Å²) in [7, 11) is 0. The molecular formula is C9H11IN2. The van der Waals surface area contributed by atoms with Gasteiger partial charge in [0.15, 0.2) is 0 Å². The van der Waals surface area contributed by atoms with Crippen LogP contribution in [0.4, 0.5) is 0 Å². The van der Waals surface area contributed by atoms with Crippen molar-refractivity contribution >= 4 is 28.3 Å². The molecule has 3 heteroatoms. The number of rotatable bonds is 1. The van der Waals surface area contributed by atoms with Gasteiger partial charge in [0.05, 0.1) is 3.58 Å². The highest BCUT2D eigenvalue weighted by Crippen LogP contribution is 2.16. The van der Waals surface area contributed by atoms with Crippen LogP contribution in [0.5, 0.6) is 0 Å². The minimum atomic E-state index is 0.892. The number of nitrogens with one attached hydrogen (secondary N) is 1. The predicted molar refractivity (Wildman–Crippen MR) is 61.2 cm³/mol. The fraction of sp³-hybridized carbons (Fsp3) is 0.222. The summed E-state index contributed by atoms with van der Waals surface area (Å²) in [5.74, 6) is 0.892. The SMILES string of the molecule is C=C/C(I)=C1/N=C(C)C=C(C)N1. The number of hydrogen-bond donors (Lipinski definition) is 1. The van der Waals surface area contributed by atoms with E-state index in [-0.39, 0.29) is 0 Å². The van der Waals surface area contributed by atoms with Gasteiger partial charge in [0.1, 0.15) is 5.82 Å². The van der Waals surface area contributed by atoms with Gasteiger partial charge in [0.25, 0.3) is 0 Å². The minimum Gasteiger partial charge on any atom is -0.343 e. The maximum atomic E-state index is 4.33. The number of hydrogen-bond acceptors (Lipinski definition) is 2. The smallest absolute Gasteiger partial charge is 0.143 e. The third-order valence-electron chi connectivity index (χ3n) is 1.43. The van der Waals surface area contributed by atoms with Crippen LogP contribution in [-0.2, 0) is 0 Å². The van der Waals surface area contributed by atoms with Crippen molar-refractivity contribution in [3.8, 4) is 0 Å². The molecule has 1 heterocycles. The van der Waals surface area contributed by atoms with Crippen molar-refractivity contribution in [3.63, 3.8) is 0 Å². The first kappa shape index (κ1) is 9.51. The molecule has 0 bridgehead atoms. The largest absolute Gasteiger partial charge is 0.343 e. The van der Waals surface area contributed by atoms with Gasteiger partial charge in [-0.15, -0.1) is 0 Å². The zero-order valence-corrected chi connectivity index (χ0v) is 9.34. The van der Waals surface area contributed by atoms with E-state index in [1.807, 2.05) is 19.9 Å². The van der Waals surface area contributed by atoms with Gasteiger partial charge in [-0.3, -0.25) is 0 Å². The third-order valence-corrected chi connectivity index (χ3v) is 2.39. The Bertz CT molecular complexity index is 298. The van der Waals surface area contributed by atoms with Gasteiger partial charge in [-0.25, -0.2) is 4.99 Å². The van der Waals surface area contributed by atoms with Crippen LogP contribution in [0.25, 0.3) is 0 Å². The van der Waals surface area contributed by atoms with Gasteiger partial charge in [-0.05, 0) is 42.5 Å². The van der Waals surface area contributed by atoms with E-state index in [2.05, 4.69) is 39.5 Å². The molecule has 1 rings (SSSR count). The first-order valence-corrected chi connectivity index (χ1v) is 4.74. The summed E-state index contributed by atoms with van der Waals surface area (Å²) in [5.41, 5.74) is 2.14. The zero-order chi connectivity index (χ0) is 9.14. The van der Waals surface area contributed by atoms with E-state index in [0.29, 0.717) is 0 Å². The molecule has 0 aromatic rings. The van der Waals surface area contributed by atoms with Gasteiger partial charge in [0.2, 0.25) is 0 Å². The molecule has 0 saturated heterocycles. The highest BCUT2D eigenvalue weighted by molar-refractivity contribution is 14.1. The number of nitrogens with zero attached hydrogens (tertiary/aromatic N) is 1. The van der Waals surface area contributed by atoms with E-state index in [9.17, 15) is 0 Å². The van der Waals surface area contributed by atoms with E-state index in [0.717, 1.165) is 20.8 Å². The lowest BCUT2D eigenvalue weighted by Gasteiger charge is -2.13. The maximum Gasteiger partial charge on any atom is 0.143 e. The fourth-order valence-corrected chi connectivity index (χ4v) is 1.24. The maximum absolute atomic E-state index is 4.33. The van der Waals surface area contributed by atoms with Crippen molar-refractivity contribution in [1.82, 2.24) is 5.32 Å². The topological polar surface area (TPSA) is 24.4 Å². The zero-order valence-electron chi connectivity index (χ0n) is 7.19. The first-order valence-electron chi connectivity index (χ1n) is 3.66. The molecule has 0 aromatic carbocycles. The predicted octanol–water partition coefficient (Wildman–Crippen LogP) is 2.74. The van der Waals surface area contributed by atoms with Gasteiger partial charge in [0, 0.05) is 11.4 Å². The second kappa shape index (κ2) is 3.89. The Kier molecular flexibility index (Phi) is 3.08.